The second-order valence-electron chi connectivity index (χ2n) is 7.01. The van der Waals surface area contributed by atoms with Crippen LogP contribution in [0.3, 0.4) is 0 Å². The van der Waals surface area contributed by atoms with Gasteiger partial charge in [0, 0.05) is 35.0 Å². The summed E-state index contributed by atoms with van der Waals surface area (Å²) in [6.45, 7) is 0. The number of aromatic amines is 2. The molecule has 172 valence electrons. The van der Waals surface area contributed by atoms with Crippen molar-refractivity contribution >= 4 is 31.6 Å². The summed E-state index contributed by atoms with van der Waals surface area (Å²) in [5, 5.41) is 0.659. The van der Waals surface area contributed by atoms with E-state index in [-0.39, 0.29) is 0 Å². The fourth-order valence-corrected chi connectivity index (χ4v) is 4.93. The van der Waals surface area contributed by atoms with Crippen molar-refractivity contribution in [1.82, 2.24) is 9.97 Å². The molecule has 2 aromatic heterocycles. The molecule has 0 amide bonds. The van der Waals surface area contributed by atoms with E-state index in [2.05, 4.69) is 9.97 Å². The minimum Gasteiger partial charge on any atom is -0.497 e. The standard InChI is InChI=1S/C22H20N2O8S/c1-29-11-5-15-13(17(7-11)31-3)9-19(21(25)23-15)33(27,28)20-10-14-16(24-22(20)26)6-12(30-2)8-18(14)32-4/h5-10H,1-4H3,(H,23,25)(H,24,26). The SMILES string of the molecule is COc1cc(OC)c2cc(S(=O)(=O)c3cc4c(OC)cc(OC)cc4[nH]c3=O)c(=O)[nH]c2c1. The van der Waals surface area contributed by atoms with E-state index in [0.29, 0.717) is 44.8 Å². The van der Waals surface area contributed by atoms with Crippen LogP contribution in [-0.4, -0.2) is 46.8 Å². The van der Waals surface area contributed by atoms with Crippen LogP contribution in [-0.2, 0) is 9.84 Å². The zero-order valence-corrected chi connectivity index (χ0v) is 19.0. The molecule has 0 spiro atoms. The van der Waals surface area contributed by atoms with Gasteiger partial charge in [0.1, 0.15) is 32.8 Å². The van der Waals surface area contributed by atoms with Crippen molar-refractivity contribution in [2.75, 3.05) is 28.4 Å². The Morgan fingerprint density at radius 2 is 1.00 bits per heavy atom. The fourth-order valence-electron chi connectivity index (χ4n) is 3.56. The number of benzene rings is 2. The number of hydrogen-bond donors (Lipinski definition) is 2. The average molecular weight is 472 g/mol. The summed E-state index contributed by atoms with van der Waals surface area (Å²) >= 11 is 0. The van der Waals surface area contributed by atoms with Gasteiger partial charge in [-0.2, -0.15) is 0 Å². The molecule has 0 saturated heterocycles. The molecule has 0 aliphatic rings. The highest BCUT2D eigenvalue weighted by molar-refractivity contribution is 7.91. The van der Waals surface area contributed by atoms with Gasteiger partial charge in [-0.1, -0.05) is 0 Å². The molecule has 0 fully saturated rings. The van der Waals surface area contributed by atoms with Crippen LogP contribution in [0.4, 0.5) is 0 Å². The van der Waals surface area contributed by atoms with Crippen LogP contribution < -0.4 is 30.1 Å². The predicted octanol–water partition coefficient (Wildman–Crippen LogP) is 2.24. The highest BCUT2D eigenvalue weighted by atomic mass is 32.2. The van der Waals surface area contributed by atoms with Gasteiger partial charge in [0.15, 0.2) is 0 Å². The van der Waals surface area contributed by atoms with Crippen molar-refractivity contribution in [1.29, 1.82) is 0 Å². The fraction of sp³-hybridized carbons (Fsp3) is 0.182. The Labute approximate surface area is 187 Å². The number of fused-ring (bicyclic) bond motifs is 2. The minimum atomic E-state index is -4.53. The summed E-state index contributed by atoms with van der Waals surface area (Å²) in [6.07, 6.45) is 0. The third-order valence-corrected chi connectivity index (χ3v) is 6.98. The minimum absolute atomic E-state index is 0.290. The zero-order chi connectivity index (χ0) is 23.9. The number of nitrogens with one attached hydrogen (secondary N) is 2. The van der Waals surface area contributed by atoms with E-state index in [1.165, 1.54) is 52.7 Å². The predicted molar refractivity (Wildman–Crippen MR) is 121 cm³/mol. The molecule has 0 radical (unpaired) electrons. The van der Waals surface area contributed by atoms with Crippen molar-refractivity contribution in [2.45, 2.75) is 9.79 Å². The van der Waals surface area contributed by atoms with Gasteiger partial charge in [0.25, 0.3) is 11.1 Å². The van der Waals surface area contributed by atoms with Crippen LogP contribution in [0.15, 0.2) is 55.8 Å². The molecule has 0 atom stereocenters. The first kappa shape index (κ1) is 22.2. The Morgan fingerprint density at radius 3 is 1.33 bits per heavy atom. The lowest BCUT2D eigenvalue weighted by Gasteiger charge is -2.12. The number of sulfone groups is 1. The number of H-pyrrole nitrogens is 2. The van der Waals surface area contributed by atoms with E-state index in [4.69, 9.17) is 18.9 Å². The Kier molecular flexibility index (Phi) is 5.50. The molecule has 0 unspecified atom stereocenters. The Hall–Kier alpha value is -3.99. The number of methoxy groups -OCH3 is 4. The van der Waals surface area contributed by atoms with Crippen LogP contribution >= 0.6 is 0 Å². The van der Waals surface area contributed by atoms with Crippen molar-refractivity contribution in [3.8, 4) is 23.0 Å². The van der Waals surface area contributed by atoms with Crippen LogP contribution in [0.1, 0.15) is 0 Å². The summed E-state index contributed by atoms with van der Waals surface area (Å²) in [4.78, 5) is 29.4. The third-order valence-electron chi connectivity index (χ3n) is 5.22. The Balaban J connectivity index is 2.00. The van der Waals surface area contributed by atoms with Gasteiger partial charge < -0.3 is 28.9 Å². The lowest BCUT2D eigenvalue weighted by molar-refractivity contribution is 0.397. The second-order valence-corrected chi connectivity index (χ2v) is 8.90. The number of hydrogen-bond acceptors (Lipinski definition) is 8. The summed E-state index contributed by atoms with van der Waals surface area (Å²) in [5.74, 6) is 1.41. The Morgan fingerprint density at radius 1 is 0.606 bits per heavy atom. The molecular weight excluding hydrogens is 452 g/mol. The van der Waals surface area contributed by atoms with Gasteiger partial charge in [0.2, 0.25) is 9.84 Å². The molecule has 2 N–H and O–H groups in total. The average Bonchev–Trinajstić information content (AvgIpc) is 2.81. The number of aromatic nitrogens is 2. The molecule has 11 heteroatoms. The topological polar surface area (TPSA) is 137 Å². The molecule has 2 heterocycles. The van der Waals surface area contributed by atoms with Gasteiger partial charge in [0.05, 0.1) is 39.5 Å². The summed E-state index contributed by atoms with van der Waals surface area (Å²) in [5.41, 5.74) is -1.15. The van der Waals surface area contributed by atoms with Crippen LogP contribution in [0, 0.1) is 0 Å². The smallest absolute Gasteiger partial charge is 0.267 e. The molecule has 0 saturated carbocycles. The molecule has 10 nitrogen and oxygen atoms in total. The van der Waals surface area contributed by atoms with Crippen LogP contribution in [0.25, 0.3) is 21.8 Å². The van der Waals surface area contributed by atoms with Crippen LogP contribution in [0.5, 0.6) is 23.0 Å². The van der Waals surface area contributed by atoms with Crippen molar-refractivity contribution in [3.05, 3.63) is 57.1 Å². The lowest BCUT2D eigenvalue weighted by atomic mass is 10.2. The lowest BCUT2D eigenvalue weighted by Crippen LogP contribution is -2.23. The van der Waals surface area contributed by atoms with E-state index >= 15 is 0 Å². The quantitative estimate of drug-likeness (QED) is 0.436. The highest BCUT2D eigenvalue weighted by Crippen LogP contribution is 2.33. The molecule has 4 rings (SSSR count). The van der Waals surface area contributed by atoms with Crippen molar-refractivity contribution in [2.24, 2.45) is 0 Å². The Bertz CT molecular complexity index is 1500. The van der Waals surface area contributed by atoms with E-state index < -0.39 is 30.7 Å². The van der Waals surface area contributed by atoms with Crippen LogP contribution in [0.2, 0.25) is 0 Å². The normalized spacial score (nSPS) is 11.5. The van der Waals surface area contributed by atoms with Gasteiger partial charge in [-0.25, -0.2) is 8.42 Å². The van der Waals surface area contributed by atoms with Crippen molar-refractivity contribution < 1.29 is 27.4 Å². The number of rotatable bonds is 6. The summed E-state index contributed by atoms with van der Waals surface area (Å²) in [6, 6.07) is 8.54. The maximum absolute atomic E-state index is 13.4. The van der Waals surface area contributed by atoms with Gasteiger partial charge >= 0.3 is 0 Å². The molecular formula is C22H20N2O8S. The van der Waals surface area contributed by atoms with E-state index in [0.717, 1.165) is 0 Å². The second kappa shape index (κ2) is 8.17. The number of pyridine rings is 2. The summed E-state index contributed by atoms with van der Waals surface area (Å²) < 4.78 is 47.9. The first-order valence-corrected chi connectivity index (χ1v) is 11.0. The van der Waals surface area contributed by atoms with Gasteiger partial charge in [-0.05, 0) is 12.1 Å². The van der Waals surface area contributed by atoms with E-state index in [1.807, 2.05) is 0 Å². The molecule has 0 aliphatic heterocycles. The first-order chi connectivity index (χ1) is 15.7. The molecule has 2 aromatic carbocycles. The van der Waals surface area contributed by atoms with Crippen molar-refractivity contribution in [3.63, 3.8) is 0 Å². The first-order valence-electron chi connectivity index (χ1n) is 9.56. The van der Waals surface area contributed by atoms with Gasteiger partial charge in [-0.3, -0.25) is 9.59 Å². The third kappa shape index (κ3) is 3.65. The van der Waals surface area contributed by atoms with E-state index in [9.17, 15) is 18.0 Å². The molecule has 0 bridgehead atoms. The summed E-state index contributed by atoms with van der Waals surface area (Å²) in [7, 11) is 1.19. The molecule has 33 heavy (non-hydrogen) atoms. The monoisotopic (exact) mass is 472 g/mol. The molecule has 0 aliphatic carbocycles. The maximum atomic E-state index is 13.4. The zero-order valence-electron chi connectivity index (χ0n) is 18.1. The largest absolute Gasteiger partial charge is 0.497 e. The van der Waals surface area contributed by atoms with E-state index in [1.54, 1.807) is 12.1 Å². The van der Waals surface area contributed by atoms with Gasteiger partial charge in [-0.15, -0.1) is 0 Å². The maximum Gasteiger partial charge on any atom is 0.267 e. The highest BCUT2D eigenvalue weighted by Gasteiger charge is 2.27. The number of ether oxygens (including phenoxy) is 4. The molecule has 4 aromatic rings.